The Bertz CT molecular complexity index is 2290. The maximum atomic E-state index is 4.69. The maximum absolute atomic E-state index is 4.69. The number of aromatic nitrogens is 12. The molecule has 3 aromatic carbocycles. The Morgan fingerprint density at radius 1 is 0.396 bits per heavy atom. The van der Waals surface area contributed by atoms with Gasteiger partial charge in [0.25, 0.3) is 0 Å². The Morgan fingerprint density at radius 3 is 1.11 bits per heavy atom. The third-order valence-corrected chi connectivity index (χ3v) is 9.92. The van der Waals surface area contributed by atoms with Gasteiger partial charge in [-0.2, -0.15) is 0 Å². The van der Waals surface area contributed by atoms with Crippen molar-refractivity contribution in [1.29, 1.82) is 0 Å². The molecule has 0 atom stereocenters. The fourth-order valence-electron chi connectivity index (χ4n) is 6.52. The quantitative estimate of drug-likeness (QED) is 0.156. The maximum Gasteiger partial charge on any atom is 0.113 e. The van der Waals surface area contributed by atoms with Crippen molar-refractivity contribution in [2.24, 2.45) is 0 Å². The van der Waals surface area contributed by atoms with Gasteiger partial charge in [0.1, 0.15) is 22.8 Å². The summed E-state index contributed by atoms with van der Waals surface area (Å²) in [5.41, 5.74) is 12.0. The summed E-state index contributed by atoms with van der Waals surface area (Å²) in [5, 5.41) is 36.8. The molecule has 1 aliphatic heterocycles. The van der Waals surface area contributed by atoms with E-state index in [1.165, 1.54) is 11.1 Å². The third-order valence-electron chi connectivity index (χ3n) is 9.92. The lowest BCUT2D eigenvalue weighted by atomic mass is 9.84. The second kappa shape index (κ2) is 12.4. The zero-order chi connectivity index (χ0) is 37.3. The number of aryl methyl sites for hydroxylation is 2. The molecule has 0 fully saturated rings. The van der Waals surface area contributed by atoms with Crippen molar-refractivity contribution >= 4 is 0 Å². The molecule has 0 saturated heterocycles. The van der Waals surface area contributed by atoms with Gasteiger partial charge in [-0.25, -0.2) is 9.36 Å². The summed E-state index contributed by atoms with van der Waals surface area (Å²) in [6.07, 6.45) is 8.83. The first-order valence-electron chi connectivity index (χ1n) is 18.2. The summed E-state index contributed by atoms with van der Waals surface area (Å²) in [5.74, 6) is 0. The average molecular weight is 707 g/mol. The molecule has 0 amide bonds. The van der Waals surface area contributed by atoms with Crippen LogP contribution in [0, 0.1) is 0 Å². The first kappa shape index (κ1) is 34.3. The number of fused-ring (bicyclic) bond motifs is 20. The van der Waals surface area contributed by atoms with Crippen molar-refractivity contribution in [2.45, 2.75) is 98.1 Å². The molecule has 0 radical (unpaired) electrons. The van der Waals surface area contributed by atoms with Crippen LogP contribution in [0.1, 0.15) is 85.4 Å². The first-order chi connectivity index (χ1) is 25.1. The molecule has 1 aliphatic rings. The average Bonchev–Trinajstić information content (AvgIpc) is 3.94. The summed E-state index contributed by atoms with van der Waals surface area (Å²) in [6, 6.07) is 19.5. The van der Waals surface area contributed by atoms with Crippen molar-refractivity contribution in [2.75, 3.05) is 0 Å². The normalized spacial score (nSPS) is 13.5. The van der Waals surface area contributed by atoms with Crippen molar-refractivity contribution < 1.29 is 0 Å². The van der Waals surface area contributed by atoms with E-state index >= 15 is 0 Å². The molecule has 0 saturated carbocycles. The first-order valence-corrected chi connectivity index (χ1v) is 18.2. The molecule has 5 heterocycles. The molecule has 53 heavy (non-hydrogen) atoms. The molecule has 4 aromatic heterocycles. The highest BCUT2D eigenvalue weighted by Crippen LogP contribution is 2.35. The number of rotatable bonds is 0. The van der Waals surface area contributed by atoms with E-state index in [-0.39, 0.29) is 16.2 Å². The van der Waals surface area contributed by atoms with Crippen LogP contribution in [0.4, 0.5) is 0 Å². The van der Waals surface area contributed by atoms with Gasteiger partial charge in [-0.15, -0.1) is 20.4 Å². The molecular weight excluding hydrogens is 661 g/mol. The van der Waals surface area contributed by atoms with Crippen molar-refractivity contribution in [3.63, 3.8) is 0 Å². The molecule has 14 bridgehead atoms. The lowest BCUT2D eigenvalue weighted by Crippen LogP contribution is -2.13. The van der Waals surface area contributed by atoms with Gasteiger partial charge in [0, 0.05) is 35.3 Å². The standard InChI is InChI=1S/C41H46N12/c1-39(2,3)30-15-26-13-28(17-30)37-24-52(48-44-37)33-19-32(41(7,8)9)20-34(21-33)53-25-38(45-49-53)29-14-27(16-31(18-29)40(4,5)6)36-23-51(47-43-36)12-10-11-50-22-35(26)42-46-50/h13-25H,10-12H2,1-9H3. The van der Waals surface area contributed by atoms with Gasteiger partial charge in [-0.3, -0.25) is 9.36 Å². The number of nitrogens with zero attached hydrogens (tertiary/aromatic N) is 12. The fraction of sp³-hybridized carbons (Fsp3) is 0.366. The molecule has 270 valence electrons. The van der Waals surface area contributed by atoms with Gasteiger partial charge < -0.3 is 0 Å². The molecule has 12 heteroatoms. The molecule has 7 aromatic rings. The Kier molecular flexibility index (Phi) is 8.04. The molecule has 0 N–H and O–H groups in total. The zero-order valence-corrected chi connectivity index (χ0v) is 32.0. The van der Waals surface area contributed by atoms with Crippen LogP contribution in [0.25, 0.3) is 56.4 Å². The second-order valence-corrected chi connectivity index (χ2v) is 17.3. The highest BCUT2D eigenvalue weighted by atomic mass is 15.4. The zero-order valence-electron chi connectivity index (χ0n) is 32.0. The van der Waals surface area contributed by atoms with Gasteiger partial charge in [-0.1, -0.05) is 83.2 Å². The van der Waals surface area contributed by atoms with Gasteiger partial charge in [-0.05, 0) is 94.0 Å². The summed E-state index contributed by atoms with van der Waals surface area (Å²) in [7, 11) is 0. The van der Waals surface area contributed by atoms with Crippen LogP contribution in [0.5, 0.6) is 0 Å². The summed E-state index contributed by atoms with van der Waals surface area (Å²) >= 11 is 0. The minimum Gasteiger partial charge on any atom is -0.252 e. The predicted octanol–water partition coefficient (Wildman–Crippen LogP) is 8.00. The monoisotopic (exact) mass is 706 g/mol. The van der Waals surface area contributed by atoms with Crippen molar-refractivity contribution in [1.82, 2.24) is 60.0 Å². The van der Waals surface area contributed by atoms with Crippen LogP contribution in [0.2, 0.25) is 0 Å². The third kappa shape index (κ3) is 6.93. The lowest BCUT2D eigenvalue weighted by molar-refractivity contribution is 0.484. The Balaban J connectivity index is 1.30. The minimum atomic E-state index is -0.138. The Morgan fingerprint density at radius 2 is 0.736 bits per heavy atom. The van der Waals surface area contributed by atoms with E-state index in [0.717, 1.165) is 68.4 Å². The van der Waals surface area contributed by atoms with E-state index in [2.05, 4.69) is 158 Å². The second-order valence-electron chi connectivity index (χ2n) is 17.3. The molecule has 8 rings (SSSR count). The number of hydrogen-bond donors (Lipinski definition) is 0. The van der Waals surface area contributed by atoms with E-state index in [9.17, 15) is 0 Å². The molecular formula is C41H46N12. The lowest BCUT2D eigenvalue weighted by Gasteiger charge is -2.21. The summed E-state index contributed by atoms with van der Waals surface area (Å²) in [4.78, 5) is 0. The van der Waals surface area contributed by atoms with E-state index in [1.54, 1.807) is 0 Å². The molecule has 12 nitrogen and oxygen atoms in total. The highest BCUT2D eigenvalue weighted by molar-refractivity contribution is 5.72. The van der Waals surface area contributed by atoms with Gasteiger partial charge in [0.15, 0.2) is 0 Å². The summed E-state index contributed by atoms with van der Waals surface area (Å²) in [6.45, 7) is 21.3. The highest BCUT2D eigenvalue weighted by Gasteiger charge is 2.22. The van der Waals surface area contributed by atoms with Crippen LogP contribution >= 0.6 is 0 Å². The van der Waals surface area contributed by atoms with Gasteiger partial charge >= 0.3 is 0 Å². The minimum absolute atomic E-state index is 0.0999. The van der Waals surface area contributed by atoms with Crippen LogP contribution < -0.4 is 0 Å². The van der Waals surface area contributed by atoms with E-state index in [1.807, 2.05) is 43.5 Å². The van der Waals surface area contributed by atoms with E-state index in [4.69, 9.17) is 0 Å². The van der Waals surface area contributed by atoms with E-state index in [0.29, 0.717) is 13.1 Å². The molecule has 0 spiro atoms. The van der Waals surface area contributed by atoms with E-state index < -0.39 is 0 Å². The fourth-order valence-corrected chi connectivity index (χ4v) is 6.52. The summed E-state index contributed by atoms with van der Waals surface area (Å²) < 4.78 is 7.49. The molecule has 0 unspecified atom stereocenters. The van der Waals surface area contributed by atoms with Crippen molar-refractivity contribution in [3.8, 4) is 56.4 Å². The Labute approximate surface area is 309 Å². The predicted molar refractivity (Wildman–Crippen MR) is 206 cm³/mol. The topological polar surface area (TPSA) is 123 Å². The molecule has 0 aliphatic carbocycles. The van der Waals surface area contributed by atoms with Gasteiger partial charge in [0.05, 0.1) is 36.2 Å². The van der Waals surface area contributed by atoms with Crippen LogP contribution in [-0.2, 0) is 29.3 Å². The van der Waals surface area contributed by atoms with Crippen molar-refractivity contribution in [3.05, 3.63) is 96.1 Å². The number of benzene rings is 3. The van der Waals surface area contributed by atoms with Crippen LogP contribution in [0.15, 0.2) is 79.4 Å². The smallest absolute Gasteiger partial charge is 0.113 e. The Hall–Kier alpha value is -5.78. The largest absolute Gasteiger partial charge is 0.252 e. The number of hydrogen-bond acceptors (Lipinski definition) is 8. The van der Waals surface area contributed by atoms with Crippen LogP contribution in [-0.4, -0.2) is 60.0 Å². The van der Waals surface area contributed by atoms with Crippen LogP contribution in [0.3, 0.4) is 0 Å². The SMILES string of the molecule is CC(C)(C)c1cc2cc(c1)-c1cn(nn1)-c1cc(cc(C(C)(C)C)c1)-n1cc(nn1)-c1cc(cc(C(C)(C)C)c1)-c1cn(nn1)CCCn1cc-2nn1. The van der Waals surface area contributed by atoms with Gasteiger partial charge in [0.2, 0.25) is 0 Å².